The van der Waals surface area contributed by atoms with Crippen LogP contribution >= 0.6 is 46.4 Å². The van der Waals surface area contributed by atoms with Gasteiger partial charge in [-0.1, -0.05) is 46.4 Å². The number of nitrogens with zero attached hydrogens (tertiary/aromatic N) is 1. The molecule has 34 heavy (non-hydrogen) atoms. The van der Waals surface area contributed by atoms with Crippen LogP contribution in [0.25, 0.3) is 10.9 Å². The van der Waals surface area contributed by atoms with Gasteiger partial charge in [-0.2, -0.15) is 0 Å². The average Bonchev–Trinajstić information content (AvgIpc) is 3.15. The molecule has 0 radical (unpaired) electrons. The minimum absolute atomic E-state index is 0.0518. The van der Waals surface area contributed by atoms with Crippen LogP contribution in [0.2, 0.25) is 20.1 Å². The molecule has 11 heteroatoms. The zero-order valence-corrected chi connectivity index (χ0v) is 20.1. The van der Waals surface area contributed by atoms with Gasteiger partial charge in [0.05, 0.1) is 15.6 Å². The lowest BCUT2D eigenvalue weighted by atomic mass is 10.2. The number of aromatic nitrogens is 1. The Labute approximate surface area is 213 Å². The molecule has 0 unspecified atom stereocenters. The first-order chi connectivity index (χ1) is 16.2. The summed E-state index contributed by atoms with van der Waals surface area (Å²) in [4.78, 5) is 38.1. The molecule has 0 fully saturated rings. The molecule has 0 saturated carbocycles. The fraction of sp³-hybridized carbons (Fsp3) is 0. The number of nitrogens with one attached hydrogen (secondary N) is 3. The van der Waals surface area contributed by atoms with Gasteiger partial charge in [-0.05, 0) is 66.7 Å². The van der Waals surface area contributed by atoms with Crippen LogP contribution in [0.5, 0.6) is 0 Å². The average molecular weight is 536 g/mol. The molecule has 172 valence electrons. The molecule has 0 spiro atoms. The van der Waals surface area contributed by atoms with E-state index in [4.69, 9.17) is 46.4 Å². The van der Waals surface area contributed by atoms with E-state index in [9.17, 15) is 14.4 Å². The summed E-state index contributed by atoms with van der Waals surface area (Å²) in [5.74, 6) is -2.50. The third-order valence-corrected chi connectivity index (χ3v) is 5.92. The maximum atomic E-state index is 13.1. The van der Waals surface area contributed by atoms with E-state index in [1.54, 1.807) is 48.5 Å². The van der Waals surface area contributed by atoms with Crippen LogP contribution in [0.3, 0.4) is 0 Å². The van der Waals surface area contributed by atoms with E-state index in [0.29, 0.717) is 37.3 Å². The number of amides is 3. The van der Waals surface area contributed by atoms with Crippen molar-refractivity contribution in [1.82, 2.24) is 4.68 Å². The number of rotatable bonds is 4. The lowest BCUT2D eigenvalue weighted by molar-refractivity contribution is -0.133. The van der Waals surface area contributed by atoms with Crippen molar-refractivity contribution in [3.8, 4) is 0 Å². The largest absolute Gasteiger partial charge is 0.328 e. The first-order valence-corrected chi connectivity index (χ1v) is 11.2. The molecule has 0 atom stereocenters. The van der Waals surface area contributed by atoms with Crippen LogP contribution in [0.15, 0.2) is 66.7 Å². The molecule has 0 saturated heterocycles. The van der Waals surface area contributed by atoms with Crippen molar-refractivity contribution in [2.75, 3.05) is 16.1 Å². The maximum Gasteiger partial charge on any atom is 0.328 e. The van der Waals surface area contributed by atoms with E-state index in [0.717, 1.165) is 0 Å². The summed E-state index contributed by atoms with van der Waals surface area (Å²) in [6.07, 6.45) is 0. The molecule has 7 nitrogen and oxygen atoms in total. The fourth-order valence-corrected chi connectivity index (χ4v) is 3.72. The van der Waals surface area contributed by atoms with E-state index < -0.39 is 17.7 Å². The van der Waals surface area contributed by atoms with Crippen molar-refractivity contribution < 1.29 is 14.4 Å². The Hall–Kier alpha value is -3.23. The first-order valence-electron chi connectivity index (χ1n) is 9.66. The number of carbonyl (C=O) groups excluding carboxylic acids is 3. The minimum atomic E-state index is -0.994. The summed E-state index contributed by atoms with van der Waals surface area (Å²) >= 11 is 23.9. The summed E-state index contributed by atoms with van der Waals surface area (Å²) in [5, 5.41) is 7.25. The van der Waals surface area contributed by atoms with Crippen LogP contribution in [0.1, 0.15) is 10.5 Å². The molecule has 3 aromatic carbocycles. The number of halogens is 4. The second-order valence-electron chi connectivity index (χ2n) is 7.05. The quantitative estimate of drug-likeness (QED) is 0.271. The van der Waals surface area contributed by atoms with E-state index in [2.05, 4.69) is 16.1 Å². The molecule has 1 heterocycles. The zero-order chi connectivity index (χ0) is 24.4. The Balaban J connectivity index is 1.62. The second-order valence-corrected chi connectivity index (χ2v) is 8.74. The van der Waals surface area contributed by atoms with Crippen LogP contribution in [-0.4, -0.2) is 22.4 Å². The number of fused-ring (bicyclic) bond motifs is 1. The highest BCUT2D eigenvalue weighted by Crippen LogP contribution is 2.27. The number of anilines is 2. The number of carbonyl (C=O) groups is 3. The standard InChI is InChI=1S/C23H14Cl4N4O3/c24-13-1-4-15(5-2-13)28-22(33)23(34)30-31-19-8-3-14(25)9-12(19)10-20(31)21(32)29-16-6-7-17(26)18(27)11-16/h1-11H,(H,28,33)(H,29,32)(H,30,34). The highest BCUT2D eigenvalue weighted by atomic mass is 35.5. The summed E-state index contributed by atoms with van der Waals surface area (Å²) in [5.41, 5.74) is 3.74. The van der Waals surface area contributed by atoms with Crippen molar-refractivity contribution in [2.45, 2.75) is 0 Å². The zero-order valence-electron chi connectivity index (χ0n) is 17.0. The van der Waals surface area contributed by atoms with E-state index in [1.807, 2.05) is 0 Å². The Morgan fingerprint density at radius 2 is 1.32 bits per heavy atom. The van der Waals surface area contributed by atoms with Crippen molar-refractivity contribution in [3.05, 3.63) is 92.5 Å². The third-order valence-electron chi connectivity index (χ3n) is 4.70. The molecule has 0 aliphatic rings. The van der Waals surface area contributed by atoms with Gasteiger partial charge in [0.25, 0.3) is 5.91 Å². The molecule has 4 aromatic rings. The molecule has 4 rings (SSSR count). The molecule has 1 aromatic heterocycles. The van der Waals surface area contributed by atoms with Gasteiger partial charge >= 0.3 is 11.8 Å². The van der Waals surface area contributed by atoms with Crippen molar-refractivity contribution in [1.29, 1.82) is 0 Å². The summed E-state index contributed by atoms with van der Waals surface area (Å²) in [7, 11) is 0. The molecule has 3 amide bonds. The Morgan fingerprint density at radius 3 is 2.03 bits per heavy atom. The molecule has 0 aliphatic heterocycles. The van der Waals surface area contributed by atoms with Gasteiger partial charge in [0.2, 0.25) is 0 Å². The minimum Gasteiger partial charge on any atom is -0.321 e. The van der Waals surface area contributed by atoms with Crippen molar-refractivity contribution >= 4 is 86.4 Å². The lowest BCUT2D eigenvalue weighted by Crippen LogP contribution is -2.36. The summed E-state index contributed by atoms with van der Waals surface area (Å²) < 4.78 is 1.21. The van der Waals surface area contributed by atoms with Crippen LogP contribution in [0.4, 0.5) is 11.4 Å². The van der Waals surface area contributed by atoms with Gasteiger partial charge in [0.15, 0.2) is 0 Å². The van der Waals surface area contributed by atoms with Gasteiger partial charge in [-0.15, -0.1) is 0 Å². The summed E-state index contributed by atoms with van der Waals surface area (Å²) in [6, 6.07) is 17.2. The SMILES string of the molecule is O=C(Nc1ccc(Cl)cc1)C(=O)Nn1c(C(=O)Nc2ccc(Cl)c(Cl)c2)cc2cc(Cl)ccc21. The van der Waals surface area contributed by atoms with Gasteiger partial charge in [0, 0.05) is 26.8 Å². The molecule has 3 N–H and O–H groups in total. The Morgan fingerprint density at radius 1 is 0.647 bits per heavy atom. The fourth-order valence-electron chi connectivity index (χ4n) is 3.12. The molecule has 0 aliphatic carbocycles. The maximum absolute atomic E-state index is 13.1. The van der Waals surface area contributed by atoms with Gasteiger partial charge in [-0.25, -0.2) is 4.68 Å². The highest BCUT2D eigenvalue weighted by Gasteiger charge is 2.21. The van der Waals surface area contributed by atoms with E-state index >= 15 is 0 Å². The lowest BCUT2D eigenvalue weighted by Gasteiger charge is -2.13. The van der Waals surface area contributed by atoms with Gasteiger partial charge < -0.3 is 10.6 Å². The monoisotopic (exact) mass is 534 g/mol. The van der Waals surface area contributed by atoms with E-state index in [-0.39, 0.29) is 10.7 Å². The normalized spacial score (nSPS) is 10.7. The Bertz CT molecular complexity index is 1430. The molecule has 0 bridgehead atoms. The second kappa shape index (κ2) is 9.95. The van der Waals surface area contributed by atoms with E-state index in [1.165, 1.54) is 22.9 Å². The number of hydrogen-bond acceptors (Lipinski definition) is 3. The van der Waals surface area contributed by atoms with Crippen molar-refractivity contribution in [3.63, 3.8) is 0 Å². The van der Waals surface area contributed by atoms with Gasteiger partial charge in [0.1, 0.15) is 5.69 Å². The Kier molecular flexibility index (Phi) is 7.00. The smallest absolute Gasteiger partial charge is 0.321 e. The predicted octanol–water partition coefficient (Wildman–Crippen LogP) is 6.22. The topological polar surface area (TPSA) is 92.2 Å². The van der Waals surface area contributed by atoms with Crippen molar-refractivity contribution in [2.24, 2.45) is 0 Å². The van der Waals surface area contributed by atoms with Crippen LogP contribution in [0, 0.1) is 0 Å². The third kappa shape index (κ3) is 5.29. The molecular formula is C23H14Cl4N4O3. The highest BCUT2D eigenvalue weighted by molar-refractivity contribution is 6.43. The predicted molar refractivity (Wildman–Crippen MR) is 136 cm³/mol. The first kappa shape index (κ1) is 23.9. The number of benzene rings is 3. The number of hydrogen-bond donors (Lipinski definition) is 3. The molecular weight excluding hydrogens is 522 g/mol. The van der Waals surface area contributed by atoms with Gasteiger partial charge in [-0.3, -0.25) is 19.8 Å². The summed E-state index contributed by atoms with van der Waals surface area (Å²) in [6.45, 7) is 0. The van der Waals surface area contributed by atoms with Crippen LogP contribution < -0.4 is 16.1 Å². The van der Waals surface area contributed by atoms with Crippen LogP contribution in [-0.2, 0) is 9.59 Å².